The first kappa shape index (κ1) is 20.8. The molecule has 3 aromatic rings. The summed E-state index contributed by atoms with van der Waals surface area (Å²) in [5.74, 6) is -0.600. The van der Waals surface area contributed by atoms with Crippen molar-refractivity contribution in [3.63, 3.8) is 0 Å². The molecule has 0 fully saturated rings. The number of nitrogens with zero attached hydrogens (tertiary/aromatic N) is 2. The number of hydrogen-bond donors (Lipinski definition) is 0. The van der Waals surface area contributed by atoms with E-state index in [1.807, 2.05) is 69.3 Å². The monoisotopic (exact) mass is 414 g/mol. The molecule has 1 aromatic heterocycles. The summed E-state index contributed by atoms with van der Waals surface area (Å²) in [6.07, 6.45) is 1.91. The van der Waals surface area contributed by atoms with Gasteiger partial charge in [-0.3, -0.25) is 9.59 Å². The maximum absolute atomic E-state index is 13.6. The fraction of sp³-hybridized carbons (Fsp3) is 0.231. The summed E-state index contributed by atoms with van der Waals surface area (Å²) >= 11 is 0. The number of benzene rings is 2. The Morgan fingerprint density at radius 1 is 0.903 bits per heavy atom. The highest BCUT2D eigenvalue weighted by Crippen LogP contribution is 2.35. The van der Waals surface area contributed by atoms with Crippen LogP contribution in [0, 0.1) is 20.8 Å². The van der Waals surface area contributed by atoms with Crippen molar-refractivity contribution < 1.29 is 14.3 Å². The average molecular weight is 415 g/mol. The summed E-state index contributed by atoms with van der Waals surface area (Å²) in [5, 5.41) is 0. The van der Waals surface area contributed by atoms with Crippen molar-refractivity contribution in [1.29, 1.82) is 0 Å². The highest BCUT2D eigenvalue weighted by molar-refractivity contribution is 6.43. The van der Waals surface area contributed by atoms with Crippen molar-refractivity contribution in [1.82, 2.24) is 4.57 Å². The van der Waals surface area contributed by atoms with Crippen molar-refractivity contribution in [3.8, 4) is 0 Å². The number of amides is 2. The third-order valence-corrected chi connectivity index (χ3v) is 5.87. The van der Waals surface area contributed by atoms with Crippen LogP contribution in [0.2, 0.25) is 0 Å². The van der Waals surface area contributed by atoms with Gasteiger partial charge in [-0.25, -0.2) is 4.90 Å². The highest BCUT2D eigenvalue weighted by Gasteiger charge is 2.36. The lowest BCUT2D eigenvalue weighted by atomic mass is 9.91. The SMILES string of the molecule is COCCn1c(C)cc(/C=C2\C(=O)N(c3ccccc3C)C(=O)c3ccccc32)c1C. The van der Waals surface area contributed by atoms with Gasteiger partial charge < -0.3 is 9.30 Å². The van der Waals surface area contributed by atoms with Crippen LogP contribution in [0.1, 0.15) is 38.4 Å². The van der Waals surface area contributed by atoms with Gasteiger partial charge in [0.2, 0.25) is 0 Å². The zero-order chi connectivity index (χ0) is 22.1. The Balaban J connectivity index is 1.88. The van der Waals surface area contributed by atoms with E-state index >= 15 is 0 Å². The van der Waals surface area contributed by atoms with Gasteiger partial charge in [-0.05, 0) is 61.7 Å². The van der Waals surface area contributed by atoms with E-state index in [4.69, 9.17) is 4.74 Å². The number of hydrogen-bond acceptors (Lipinski definition) is 3. The van der Waals surface area contributed by atoms with Gasteiger partial charge in [0.15, 0.2) is 0 Å². The molecule has 2 heterocycles. The Morgan fingerprint density at radius 2 is 1.58 bits per heavy atom. The molecule has 0 saturated carbocycles. The molecular weight excluding hydrogens is 388 g/mol. The van der Waals surface area contributed by atoms with Gasteiger partial charge >= 0.3 is 0 Å². The number of fused-ring (bicyclic) bond motifs is 1. The molecule has 0 aliphatic carbocycles. The summed E-state index contributed by atoms with van der Waals surface area (Å²) in [6.45, 7) is 7.35. The molecule has 1 aliphatic rings. The van der Waals surface area contributed by atoms with E-state index in [0.717, 1.165) is 29.1 Å². The van der Waals surface area contributed by atoms with E-state index in [2.05, 4.69) is 10.6 Å². The molecule has 1 aliphatic heterocycles. The van der Waals surface area contributed by atoms with Crippen molar-refractivity contribution in [2.75, 3.05) is 18.6 Å². The molecule has 0 bridgehead atoms. The maximum atomic E-state index is 13.6. The number of anilines is 1. The fourth-order valence-electron chi connectivity index (χ4n) is 4.18. The summed E-state index contributed by atoms with van der Waals surface area (Å²) in [7, 11) is 1.69. The smallest absolute Gasteiger partial charge is 0.265 e. The highest BCUT2D eigenvalue weighted by atomic mass is 16.5. The minimum absolute atomic E-state index is 0.294. The van der Waals surface area contributed by atoms with E-state index < -0.39 is 0 Å². The molecule has 0 spiro atoms. The quantitative estimate of drug-likeness (QED) is 0.446. The molecule has 2 aromatic carbocycles. The molecule has 2 amide bonds. The van der Waals surface area contributed by atoms with Gasteiger partial charge in [-0.1, -0.05) is 36.4 Å². The van der Waals surface area contributed by atoms with Crippen LogP contribution in [-0.4, -0.2) is 30.1 Å². The van der Waals surface area contributed by atoms with Crippen LogP contribution in [0.25, 0.3) is 11.6 Å². The Morgan fingerprint density at radius 3 is 2.29 bits per heavy atom. The molecule has 0 saturated heterocycles. The second-order valence-corrected chi connectivity index (χ2v) is 7.81. The first-order valence-corrected chi connectivity index (χ1v) is 10.3. The molecule has 158 valence electrons. The Bertz CT molecular complexity index is 1200. The van der Waals surface area contributed by atoms with Crippen LogP contribution < -0.4 is 4.90 Å². The summed E-state index contributed by atoms with van der Waals surface area (Å²) in [4.78, 5) is 28.2. The number of carbonyl (C=O) groups is 2. The van der Waals surface area contributed by atoms with Crippen molar-refractivity contribution in [2.24, 2.45) is 0 Å². The van der Waals surface area contributed by atoms with Crippen LogP contribution in [-0.2, 0) is 16.1 Å². The normalized spacial score (nSPS) is 15.0. The Kier molecular flexibility index (Phi) is 5.61. The number of aromatic nitrogens is 1. The van der Waals surface area contributed by atoms with Crippen molar-refractivity contribution in [3.05, 3.63) is 88.2 Å². The Hall–Kier alpha value is -3.44. The number of aryl methyl sites for hydroxylation is 2. The standard InChI is InChI=1S/C26H26N2O3/c1-17-9-5-8-12-24(17)28-25(29)22-11-7-6-10-21(22)23(26(28)30)16-20-15-18(2)27(19(20)3)13-14-31-4/h5-12,15-16H,13-14H2,1-4H3/b23-16-. The third-order valence-electron chi connectivity index (χ3n) is 5.87. The lowest BCUT2D eigenvalue weighted by Crippen LogP contribution is -2.42. The van der Waals surface area contributed by atoms with Crippen LogP contribution in [0.5, 0.6) is 0 Å². The molecule has 4 rings (SSSR count). The van der Waals surface area contributed by atoms with E-state index in [1.165, 1.54) is 4.90 Å². The van der Waals surface area contributed by atoms with E-state index in [1.54, 1.807) is 13.2 Å². The lowest BCUT2D eigenvalue weighted by molar-refractivity contribution is -0.112. The molecule has 5 heteroatoms. The zero-order valence-corrected chi connectivity index (χ0v) is 18.3. The topological polar surface area (TPSA) is 51.5 Å². The van der Waals surface area contributed by atoms with Gasteiger partial charge in [-0.15, -0.1) is 0 Å². The minimum Gasteiger partial charge on any atom is -0.383 e. The number of ether oxygens (including phenoxy) is 1. The first-order chi connectivity index (χ1) is 14.9. The first-order valence-electron chi connectivity index (χ1n) is 10.3. The molecular formula is C26H26N2O3. The van der Waals surface area contributed by atoms with Gasteiger partial charge in [0.1, 0.15) is 0 Å². The second kappa shape index (κ2) is 8.36. The van der Waals surface area contributed by atoms with E-state index in [0.29, 0.717) is 29.0 Å². The van der Waals surface area contributed by atoms with E-state index in [-0.39, 0.29) is 11.8 Å². The number of rotatable bonds is 5. The number of para-hydroxylation sites is 1. The van der Waals surface area contributed by atoms with Gasteiger partial charge in [0, 0.05) is 36.2 Å². The summed E-state index contributed by atoms with van der Waals surface area (Å²) in [6, 6.07) is 16.9. The van der Waals surface area contributed by atoms with Crippen LogP contribution in [0.15, 0.2) is 54.6 Å². The van der Waals surface area contributed by atoms with Gasteiger partial charge in [0.25, 0.3) is 11.8 Å². The molecule has 0 radical (unpaired) electrons. The number of carbonyl (C=O) groups excluding carboxylic acids is 2. The lowest BCUT2D eigenvalue weighted by Gasteiger charge is -2.29. The van der Waals surface area contributed by atoms with E-state index in [9.17, 15) is 9.59 Å². The van der Waals surface area contributed by atoms with Crippen molar-refractivity contribution in [2.45, 2.75) is 27.3 Å². The van der Waals surface area contributed by atoms with Crippen LogP contribution in [0.4, 0.5) is 5.69 Å². The molecule has 0 atom stereocenters. The van der Waals surface area contributed by atoms with Crippen LogP contribution in [0.3, 0.4) is 0 Å². The van der Waals surface area contributed by atoms with Gasteiger partial charge in [0.05, 0.1) is 12.3 Å². The molecule has 31 heavy (non-hydrogen) atoms. The fourth-order valence-corrected chi connectivity index (χ4v) is 4.18. The predicted octanol–water partition coefficient (Wildman–Crippen LogP) is 4.79. The average Bonchev–Trinajstić information content (AvgIpc) is 3.03. The Labute approximate surface area is 182 Å². The second-order valence-electron chi connectivity index (χ2n) is 7.81. The maximum Gasteiger partial charge on any atom is 0.265 e. The minimum atomic E-state index is -0.306. The largest absolute Gasteiger partial charge is 0.383 e. The number of methoxy groups -OCH3 is 1. The molecule has 5 nitrogen and oxygen atoms in total. The summed E-state index contributed by atoms with van der Waals surface area (Å²) < 4.78 is 7.41. The van der Waals surface area contributed by atoms with Crippen molar-refractivity contribution >= 4 is 29.2 Å². The van der Waals surface area contributed by atoms with Gasteiger partial charge in [-0.2, -0.15) is 0 Å². The number of imide groups is 1. The summed E-state index contributed by atoms with van der Waals surface area (Å²) in [5.41, 5.74) is 6.34. The molecule has 0 N–H and O–H groups in total. The molecule has 0 unspecified atom stereocenters. The van der Waals surface area contributed by atoms with Crippen LogP contribution >= 0.6 is 0 Å². The third kappa shape index (κ3) is 3.62. The predicted molar refractivity (Wildman–Crippen MR) is 123 cm³/mol. The zero-order valence-electron chi connectivity index (χ0n) is 18.3.